The lowest BCUT2D eigenvalue weighted by atomic mass is 9.64. The zero-order valence-corrected chi connectivity index (χ0v) is 12.4. The third-order valence-corrected chi connectivity index (χ3v) is 4.82. The molecule has 0 aromatic carbocycles. The summed E-state index contributed by atoms with van der Waals surface area (Å²) in [5.41, 5.74) is -0.0770. The Bertz CT molecular complexity index is 397. The molecule has 0 aromatic rings. The number of carbonyl (C=O) groups excluding carboxylic acids is 1. The van der Waals surface area contributed by atoms with Crippen molar-refractivity contribution >= 4 is 12.0 Å². The molecule has 1 aliphatic heterocycles. The molecular weight excluding hydrogens is 260 g/mol. The number of methoxy groups -OCH3 is 1. The standard InChI is InChI=1S/C14H24N2O4/c1-14(2)10(7-11(14)20-3)15-13(19)16-6-4-5-9(8-16)12(17)18/h9-11H,4-8H2,1-3H3,(H,15,19)(H,17,18)/t9-,10?,11?/m1/s1. The molecule has 1 saturated heterocycles. The number of hydrogen-bond donors (Lipinski definition) is 2. The largest absolute Gasteiger partial charge is 0.481 e. The fourth-order valence-corrected chi connectivity index (χ4v) is 3.13. The third-order valence-electron chi connectivity index (χ3n) is 4.82. The van der Waals surface area contributed by atoms with Crippen molar-refractivity contribution in [2.45, 2.75) is 45.3 Å². The van der Waals surface area contributed by atoms with Gasteiger partial charge in [0, 0.05) is 31.7 Å². The van der Waals surface area contributed by atoms with E-state index >= 15 is 0 Å². The van der Waals surface area contributed by atoms with Crippen molar-refractivity contribution in [1.29, 1.82) is 0 Å². The summed E-state index contributed by atoms with van der Waals surface area (Å²) in [7, 11) is 1.69. The van der Waals surface area contributed by atoms with Gasteiger partial charge < -0.3 is 20.1 Å². The van der Waals surface area contributed by atoms with Gasteiger partial charge in [-0.1, -0.05) is 13.8 Å². The smallest absolute Gasteiger partial charge is 0.317 e. The highest BCUT2D eigenvalue weighted by molar-refractivity contribution is 5.77. The quantitative estimate of drug-likeness (QED) is 0.819. The molecule has 0 spiro atoms. The van der Waals surface area contributed by atoms with Crippen LogP contribution in [-0.2, 0) is 9.53 Å². The van der Waals surface area contributed by atoms with Crippen molar-refractivity contribution in [2.75, 3.05) is 20.2 Å². The summed E-state index contributed by atoms with van der Waals surface area (Å²) in [4.78, 5) is 24.9. The Balaban J connectivity index is 1.88. The third kappa shape index (κ3) is 2.75. The zero-order chi connectivity index (χ0) is 14.9. The first-order chi connectivity index (χ1) is 9.36. The molecule has 114 valence electrons. The lowest BCUT2D eigenvalue weighted by molar-refractivity contribution is -0.143. The number of hydrogen-bond acceptors (Lipinski definition) is 3. The van der Waals surface area contributed by atoms with Crippen molar-refractivity contribution < 1.29 is 19.4 Å². The minimum Gasteiger partial charge on any atom is -0.481 e. The van der Waals surface area contributed by atoms with Gasteiger partial charge in [-0.2, -0.15) is 0 Å². The van der Waals surface area contributed by atoms with Crippen LogP contribution in [0, 0.1) is 11.3 Å². The maximum Gasteiger partial charge on any atom is 0.317 e. The van der Waals surface area contributed by atoms with Crippen molar-refractivity contribution in [3.63, 3.8) is 0 Å². The molecule has 6 nitrogen and oxygen atoms in total. The Morgan fingerprint density at radius 1 is 1.40 bits per heavy atom. The van der Waals surface area contributed by atoms with E-state index < -0.39 is 11.9 Å². The van der Waals surface area contributed by atoms with E-state index in [1.807, 2.05) is 0 Å². The molecular formula is C14H24N2O4. The van der Waals surface area contributed by atoms with Gasteiger partial charge in [-0.3, -0.25) is 4.79 Å². The van der Waals surface area contributed by atoms with E-state index in [4.69, 9.17) is 9.84 Å². The number of likely N-dealkylation sites (tertiary alicyclic amines) is 1. The van der Waals surface area contributed by atoms with E-state index in [1.54, 1.807) is 12.0 Å². The average molecular weight is 284 g/mol. The molecule has 2 rings (SSSR count). The summed E-state index contributed by atoms with van der Waals surface area (Å²) in [5.74, 6) is -1.25. The fraction of sp³-hybridized carbons (Fsp3) is 0.857. The van der Waals surface area contributed by atoms with Gasteiger partial charge in [0.2, 0.25) is 0 Å². The lowest BCUT2D eigenvalue weighted by Gasteiger charge is -2.51. The van der Waals surface area contributed by atoms with Crippen LogP contribution in [0.1, 0.15) is 33.1 Å². The van der Waals surface area contributed by atoms with Gasteiger partial charge >= 0.3 is 12.0 Å². The van der Waals surface area contributed by atoms with Crippen LogP contribution in [0.5, 0.6) is 0 Å². The first-order valence-electron chi connectivity index (χ1n) is 7.17. The second-order valence-corrected chi connectivity index (χ2v) is 6.41. The predicted octanol–water partition coefficient (Wildman–Crippen LogP) is 1.31. The van der Waals surface area contributed by atoms with E-state index in [2.05, 4.69) is 19.2 Å². The molecule has 0 radical (unpaired) electrons. The van der Waals surface area contributed by atoms with Gasteiger partial charge in [0.25, 0.3) is 0 Å². The molecule has 1 heterocycles. The number of ether oxygens (including phenoxy) is 1. The van der Waals surface area contributed by atoms with Crippen LogP contribution in [-0.4, -0.2) is 54.4 Å². The Hall–Kier alpha value is -1.30. The van der Waals surface area contributed by atoms with Gasteiger partial charge in [0.15, 0.2) is 0 Å². The topological polar surface area (TPSA) is 78.9 Å². The lowest BCUT2D eigenvalue weighted by Crippen LogP contribution is -2.63. The van der Waals surface area contributed by atoms with Crippen molar-refractivity contribution in [3.8, 4) is 0 Å². The maximum atomic E-state index is 12.2. The highest BCUT2D eigenvalue weighted by atomic mass is 16.5. The van der Waals surface area contributed by atoms with Crippen LogP contribution in [0.2, 0.25) is 0 Å². The molecule has 0 aromatic heterocycles. The average Bonchev–Trinajstić information content (AvgIpc) is 2.42. The fourth-order valence-electron chi connectivity index (χ4n) is 3.13. The first kappa shape index (κ1) is 15.1. The Kier molecular flexibility index (Phi) is 4.22. The molecule has 2 unspecified atom stereocenters. The summed E-state index contributed by atoms with van der Waals surface area (Å²) < 4.78 is 5.36. The molecule has 20 heavy (non-hydrogen) atoms. The second-order valence-electron chi connectivity index (χ2n) is 6.41. The summed E-state index contributed by atoms with van der Waals surface area (Å²) in [6, 6.07) is -0.0614. The van der Waals surface area contributed by atoms with Crippen LogP contribution < -0.4 is 5.32 Å². The summed E-state index contributed by atoms with van der Waals surface area (Å²) in [6.45, 7) is 5.09. The van der Waals surface area contributed by atoms with Gasteiger partial charge in [-0.05, 0) is 19.3 Å². The molecule has 2 aliphatic rings. The van der Waals surface area contributed by atoms with Crippen LogP contribution in [0.4, 0.5) is 4.79 Å². The number of urea groups is 1. The molecule has 0 bridgehead atoms. The number of aliphatic carboxylic acids is 1. The van der Waals surface area contributed by atoms with Crippen LogP contribution in [0.15, 0.2) is 0 Å². The van der Waals surface area contributed by atoms with Crippen molar-refractivity contribution in [3.05, 3.63) is 0 Å². The van der Waals surface area contributed by atoms with Gasteiger partial charge in [-0.15, -0.1) is 0 Å². The first-order valence-corrected chi connectivity index (χ1v) is 7.17. The summed E-state index contributed by atoms with van der Waals surface area (Å²) in [5, 5.41) is 12.1. The monoisotopic (exact) mass is 284 g/mol. The number of nitrogens with zero attached hydrogens (tertiary/aromatic N) is 1. The molecule has 1 aliphatic carbocycles. The Morgan fingerprint density at radius 2 is 2.10 bits per heavy atom. The number of nitrogens with one attached hydrogen (secondary N) is 1. The van der Waals surface area contributed by atoms with Gasteiger partial charge in [-0.25, -0.2) is 4.79 Å². The minimum atomic E-state index is -0.814. The predicted molar refractivity (Wildman–Crippen MR) is 73.4 cm³/mol. The van der Waals surface area contributed by atoms with Gasteiger partial charge in [0.05, 0.1) is 12.0 Å². The number of carbonyl (C=O) groups is 2. The van der Waals surface area contributed by atoms with Crippen LogP contribution >= 0.6 is 0 Å². The van der Waals surface area contributed by atoms with Crippen LogP contribution in [0.25, 0.3) is 0 Å². The zero-order valence-electron chi connectivity index (χ0n) is 12.4. The van der Waals surface area contributed by atoms with E-state index in [1.165, 1.54) is 0 Å². The molecule has 2 fully saturated rings. The number of amides is 2. The highest BCUT2D eigenvalue weighted by Crippen LogP contribution is 2.42. The van der Waals surface area contributed by atoms with Crippen molar-refractivity contribution in [1.82, 2.24) is 10.2 Å². The van der Waals surface area contributed by atoms with E-state index in [9.17, 15) is 9.59 Å². The summed E-state index contributed by atoms with van der Waals surface area (Å²) >= 11 is 0. The molecule has 2 N–H and O–H groups in total. The molecule has 6 heteroatoms. The Morgan fingerprint density at radius 3 is 2.65 bits per heavy atom. The van der Waals surface area contributed by atoms with E-state index in [0.717, 1.165) is 12.8 Å². The number of carboxylic acid groups (broad SMARTS) is 1. The SMILES string of the molecule is COC1CC(NC(=O)N2CCC[C@@H](C(=O)O)C2)C1(C)C. The number of carboxylic acids is 1. The van der Waals surface area contributed by atoms with E-state index in [0.29, 0.717) is 19.5 Å². The normalized spacial score (nSPS) is 32.4. The molecule has 1 saturated carbocycles. The molecule has 2 amide bonds. The Labute approximate surface area is 119 Å². The number of rotatable bonds is 3. The number of piperidine rings is 1. The van der Waals surface area contributed by atoms with E-state index in [-0.39, 0.29) is 23.6 Å². The highest BCUT2D eigenvalue weighted by Gasteiger charge is 2.49. The van der Waals surface area contributed by atoms with Crippen LogP contribution in [0.3, 0.4) is 0 Å². The van der Waals surface area contributed by atoms with Gasteiger partial charge in [0.1, 0.15) is 0 Å². The minimum absolute atomic E-state index is 0.0770. The summed E-state index contributed by atoms with van der Waals surface area (Å²) in [6.07, 6.45) is 2.38. The van der Waals surface area contributed by atoms with Crippen molar-refractivity contribution in [2.24, 2.45) is 11.3 Å². The molecule has 3 atom stereocenters. The second kappa shape index (κ2) is 5.60. The maximum absolute atomic E-state index is 12.2.